The van der Waals surface area contributed by atoms with Gasteiger partial charge < -0.3 is 4.79 Å². The predicted octanol–water partition coefficient (Wildman–Crippen LogP) is 2.62. The summed E-state index contributed by atoms with van der Waals surface area (Å²) >= 11 is 0. The van der Waals surface area contributed by atoms with Crippen molar-refractivity contribution in [1.82, 2.24) is 0 Å². The van der Waals surface area contributed by atoms with Crippen LogP contribution in [0.3, 0.4) is 0 Å². The second-order valence-corrected chi connectivity index (χ2v) is 3.52. The molecule has 0 N–H and O–H groups in total. The van der Waals surface area contributed by atoms with Crippen LogP contribution in [-0.4, -0.2) is 6.29 Å². The van der Waals surface area contributed by atoms with Crippen molar-refractivity contribution in [2.45, 2.75) is 39.5 Å². The number of carbonyl (C=O) groups excluding carboxylic acids is 1. The van der Waals surface area contributed by atoms with E-state index in [1.807, 2.05) is 6.29 Å². The molecule has 11 heavy (non-hydrogen) atoms. The molecule has 1 heteroatoms. The summed E-state index contributed by atoms with van der Waals surface area (Å²) in [6.07, 6.45) is 6.10. The predicted molar refractivity (Wildman–Crippen MR) is 46.0 cm³/mol. The smallest absolute Gasteiger partial charge is 0.0314 e. The van der Waals surface area contributed by atoms with Crippen LogP contribution in [0.15, 0.2) is 11.1 Å². The summed E-state index contributed by atoms with van der Waals surface area (Å²) in [7, 11) is 0. The van der Waals surface area contributed by atoms with E-state index in [9.17, 15) is 4.79 Å². The van der Waals surface area contributed by atoms with Crippen molar-refractivity contribution < 1.29 is 4.79 Å². The van der Waals surface area contributed by atoms with Crippen LogP contribution in [0, 0.1) is 5.92 Å². The Morgan fingerprint density at radius 2 is 2.18 bits per heavy atom. The minimum Gasteiger partial charge on any atom is -0.542 e. The van der Waals surface area contributed by atoms with Gasteiger partial charge in [-0.05, 0) is 33.1 Å². The first kappa shape index (κ1) is 8.51. The third kappa shape index (κ3) is 2.18. The van der Waals surface area contributed by atoms with Gasteiger partial charge in [-0.2, -0.15) is 0 Å². The lowest BCUT2D eigenvalue weighted by Gasteiger charge is -2.25. The molecule has 0 heterocycles. The summed E-state index contributed by atoms with van der Waals surface area (Å²) in [4.78, 5) is 10.1. The molecule has 1 nitrogen and oxygen atoms in total. The summed E-state index contributed by atoms with van der Waals surface area (Å²) in [6.45, 7) is 4.36. The second-order valence-electron chi connectivity index (χ2n) is 3.52. The highest BCUT2D eigenvalue weighted by Crippen LogP contribution is 2.29. The maximum atomic E-state index is 10.1. The van der Waals surface area contributed by atoms with E-state index in [0.717, 1.165) is 6.42 Å². The van der Waals surface area contributed by atoms with E-state index in [-0.39, 0.29) is 0 Å². The van der Waals surface area contributed by atoms with Crippen LogP contribution in [0.2, 0.25) is 0 Å². The maximum absolute atomic E-state index is 10.1. The molecule has 0 aromatic rings. The zero-order valence-corrected chi connectivity index (χ0v) is 7.31. The van der Waals surface area contributed by atoms with Crippen LogP contribution >= 0.6 is 0 Å². The molecule has 1 unspecified atom stereocenters. The molecule has 0 saturated carbocycles. The second kappa shape index (κ2) is 3.70. The third-order valence-corrected chi connectivity index (χ3v) is 2.62. The van der Waals surface area contributed by atoms with Crippen LogP contribution in [0.1, 0.15) is 39.5 Å². The molecule has 0 aromatic heterocycles. The van der Waals surface area contributed by atoms with Gasteiger partial charge in [0.1, 0.15) is 0 Å². The maximum Gasteiger partial charge on any atom is -0.0314 e. The van der Waals surface area contributed by atoms with Crippen molar-refractivity contribution in [3.8, 4) is 0 Å². The van der Waals surface area contributed by atoms with Crippen LogP contribution in [0.5, 0.6) is 0 Å². The molecule has 0 aromatic carbocycles. The first-order valence-electron chi connectivity index (χ1n) is 4.24. The Hall–Kier alpha value is -0.590. The van der Waals surface area contributed by atoms with Gasteiger partial charge in [0, 0.05) is 0 Å². The lowest BCUT2D eigenvalue weighted by Crippen LogP contribution is -2.08. The molecule has 0 amide bonds. The monoisotopic (exact) mass is 151 g/mol. The van der Waals surface area contributed by atoms with Crippen LogP contribution in [0.25, 0.3) is 0 Å². The number of hydrogen-bond acceptors (Lipinski definition) is 1. The van der Waals surface area contributed by atoms with Crippen molar-refractivity contribution in [2.75, 3.05) is 0 Å². The molecule has 1 aliphatic rings. The molecule has 0 saturated heterocycles. The molecule has 0 bridgehead atoms. The minimum absolute atomic E-state index is 0.580. The lowest BCUT2D eigenvalue weighted by molar-refractivity contribution is 0.452. The number of hydrogen-bond donors (Lipinski definition) is 0. The third-order valence-electron chi connectivity index (χ3n) is 2.62. The molecular weight excluding hydrogens is 136 g/mol. The molecule has 1 rings (SSSR count). The van der Waals surface area contributed by atoms with Crippen molar-refractivity contribution in [3.63, 3.8) is 0 Å². The first-order valence-corrected chi connectivity index (χ1v) is 4.24. The van der Waals surface area contributed by atoms with Crippen LogP contribution in [0.4, 0.5) is 0 Å². The Morgan fingerprint density at radius 3 is 2.73 bits per heavy atom. The highest BCUT2D eigenvalue weighted by Gasteiger charge is 2.12. The molecule has 1 atom stereocenters. The van der Waals surface area contributed by atoms with Gasteiger partial charge in [-0.1, -0.05) is 17.1 Å². The fourth-order valence-electron chi connectivity index (χ4n) is 1.64. The highest BCUT2D eigenvalue weighted by atomic mass is 16.1. The average Bonchev–Trinajstić information content (AvgIpc) is 1.98. The average molecular weight is 151 g/mol. The highest BCUT2D eigenvalue weighted by molar-refractivity contribution is 5.51. The van der Waals surface area contributed by atoms with Gasteiger partial charge in [-0.3, -0.25) is 6.29 Å². The lowest BCUT2D eigenvalue weighted by atomic mass is 9.84. The zero-order valence-electron chi connectivity index (χ0n) is 7.31. The Balaban J connectivity index is 2.50. The van der Waals surface area contributed by atoms with E-state index < -0.39 is 0 Å². The van der Waals surface area contributed by atoms with E-state index in [1.54, 1.807) is 0 Å². The molecule has 62 valence electrons. The summed E-state index contributed by atoms with van der Waals surface area (Å²) in [6, 6.07) is 0. The molecule has 1 aliphatic carbocycles. The van der Waals surface area contributed by atoms with E-state index in [2.05, 4.69) is 13.8 Å². The number of rotatable bonds is 2. The van der Waals surface area contributed by atoms with Gasteiger partial charge in [0.05, 0.1) is 0 Å². The van der Waals surface area contributed by atoms with Gasteiger partial charge in [0.15, 0.2) is 0 Å². The van der Waals surface area contributed by atoms with E-state index in [1.165, 1.54) is 24.0 Å². The van der Waals surface area contributed by atoms with Gasteiger partial charge in [0.2, 0.25) is 0 Å². The van der Waals surface area contributed by atoms with E-state index in [4.69, 9.17) is 0 Å². The van der Waals surface area contributed by atoms with E-state index >= 15 is 0 Å². The first-order chi connectivity index (χ1) is 5.24. The minimum atomic E-state index is 0.580. The van der Waals surface area contributed by atoms with Gasteiger partial charge >= 0.3 is 0 Å². The topological polar surface area (TPSA) is 17.1 Å². The van der Waals surface area contributed by atoms with Crippen LogP contribution in [-0.2, 0) is 4.79 Å². The standard InChI is InChI=1S/C10H15O/c1-8-3-4-10(5-6-11)7-9(8)2/h10H,3-5,7H2,1-2H3/q-1. The Morgan fingerprint density at radius 1 is 1.45 bits per heavy atom. The summed E-state index contributed by atoms with van der Waals surface area (Å²) < 4.78 is 0. The quantitative estimate of drug-likeness (QED) is 0.438. The van der Waals surface area contributed by atoms with E-state index in [0.29, 0.717) is 12.3 Å². The largest absolute Gasteiger partial charge is 0.542 e. The molecular formula is C10H15O-. The molecule has 0 aliphatic heterocycles. The van der Waals surface area contributed by atoms with Crippen molar-refractivity contribution >= 4 is 6.29 Å². The van der Waals surface area contributed by atoms with Gasteiger partial charge in [-0.15, -0.1) is 6.42 Å². The summed E-state index contributed by atoms with van der Waals surface area (Å²) in [5.74, 6) is 0.580. The summed E-state index contributed by atoms with van der Waals surface area (Å²) in [5.41, 5.74) is 3.00. The fraction of sp³-hybridized carbons (Fsp3) is 0.700. The van der Waals surface area contributed by atoms with Gasteiger partial charge in [0.25, 0.3) is 0 Å². The molecule has 0 fully saturated rings. The Bertz CT molecular complexity index is 179. The van der Waals surface area contributed by atoms with Gasteiger partial charge in [-0.25, -0.2) is 0 Å². The Labute approximate surface area is 68.5 Å². The normalized spacial score (nSPS) is 25.5. The van der Waals surface area contributed by atoms with Crippen molar-refractivity contribution in [2.24, 2.45) is 5.92 Å². The SMILES string of the molecule is CC1=C(C)CC(C[C-]=O)CC1. The Kier molecular flexibility index (Phi) is 2.86. The van der Waals surface area contributed by atoms with Crippen molar-refractivity contribution in [3.05, 3.63) is 11.1 Å². The van der Waals surface area contributed by atoms with Crippen LogP contribution < -0.4 is 0 Å². The summed E-state index contributed by atoms with van der Waals surface area (Å²) in [5, 5.41) is 0. The molecule has 0 spiro atoms. The zero-order chi connectivity index (χ0) is 8.27. The number of allylic oxidation sites excluding steroid dienone is 2. The molecule has 0 radical (unpaired) electrons. The fourth-order valence-corrected chi connectivity index (χ4v) is 1.64. The van der Waals surface area contributed by atoms with Crippen molar-refractivity contribution in [1.29, 1.82) is 0 Å².